The predicted octanol–water partition coefficient (Wildman–Crippen LogP) is 2.64. The van der Waals surface area contributed by atoms with Gasteiger partial charge in [0, 0.05) is 35.8 Å². The van der Waals surface area contributed by atoms with Crippen LogP contribution in [0.4, 0.5) is 0 Å². The van der Waals surface area contributed by atoms with Crippen molar-refractivity contribution in [2.75, 3.05) is 13.2 Å². The fourth-order valence-corrected chi connectivity index (χ4v) is 2.92. The number of para-hydroxylation sites is 1. The summed E-state index contributed by atoms with van der Waals surface area (Å²) in [5.41, 5.74) is 3.21. The Balaban J connectivity index is 1.72. The largest absolute Gasteiger partial charge is 0.466 e. The second-order valence-electron chi connectivity index (χ2n) is 5.83. The zero-order chi connectivity index (χ0) is 18.4. The normalized spacial score (nSPS) is 10.7. The molecular weight excluding hydrogens is 330 g/mol. The van der Waals surface area contributed by atoms with Gasteiger partial charge in [0.1, 0.15) is 5.69 Å². The Labute approximate surface area is 151 Å². The van der Waals surface area contributed by atoms with Crippen LogP contribution in [0.3, 0.4) is 0 Å². The highest BCUT2D eigenvalue weighted by molar-refractivity contribution is 5.92. The number of aromatic nitrogens is 2. The van der Waals surface area contributed by atoms with E-state index >= 15 is 0 Å². The fraction of sp³-hybridized carbons (Fsp3) is 0.250. The number of carbonyl (C=O) groups is 2. The van der Waals surface area contributed by atoms with E-state index in [2.05, 4.69) is 15.3 Å². The molecule has 0 fully saturated rings. The summed E-state index contributed by atoms with van der Waals surface area (Å²) in [5, 5.41) is 3.87. The van der Waals surface area contributed by atoms with Gasteiger partial charge in [-0.2, -0.15) is 0 Å². The Morgan fingerprint density at radius 3 is 2.73 bits per heavy atom. The molecule has 0 saturated carbocycles. The molecule has 0 unspecified atom stereocenters. The maximum absolute atomic E-state index is 12.1. The third-order valence-corrected chi connectivity index (χ3v) is 4.09. The van der Waals surface area contributed by atoms with E-state index in [-0.39, 0.29) is 18.3 Å². The van der Waals surface area contributed by atoms with Crippen molar-refractivity contribution in [2.24, 2.45) is 0 Å². The van der Waals surface area contributed by atoms with Gasteiger partial charge in [-0.1, -0.05) is 24.3 Å². The Morgan fingerprint density at radius 2 is 1.96 bits per heavy atom. The number of hydrogen-bond acceptors (Lipinski definition) is 4. The lowest BCUT2D eigenvalue weighted by Crippen LogP contribution is -2.26. The molecule has 2 aromatic heterocycles. The summed E-state index contributed by atoms with van der Waals surface area (Å²) in [5.74, 6) is -0.468. The van der Waals surface area contributed by atoms with Crippen molar-refractivity contribution < 1.29 is 14.3 Å². The summed E-state index contributed by atoms with van der Waals surface area (Å²) in [7, 11) is 0. The maximum atomic E-state index is 12.1. The molecule has 1 aromatic carbocycles. The quantitative estimate of drug-likeness (QED) is 0.641. The number of nitrogens with one attached hydrogen (secondary N) is 2. The van der Waals surface area contributed by atoms with Crippen molar-refractivity contribution in [1.29, 1.82) is 0 Å². The zero-order valence-electron chi connectivity index (χ0n) is 14.6. The summed E-state index contributed by atoms with van der Waals surface area (Å²) in [6.07, 6.45) is 2.38. The molecule has 1 amide bonds. The third-order valence-electron chi connectivity index (χ3n) is 4.09. The molecule has 0 aliphatic carbocycles. The molecule has 2 N–H and O–H groups in total. The van der Waals surface area contributed by atoms with Gasteiger partial charge in [-0.3, -0.25) is 14.6 Å². The number of carbonyl (C=O) groups excluding carboxylic acids is 2. The average molecular weight is 351 g/mol. The van der Waals surface area contributed by atoms with E-state index in [4.69, 9.17) is 4.74 Å². The van der Waals surface area contributed by atoms with E-state index < -0.39 is 0 Å². The molecule has 0 spiro atoms. The lowest BCUT2D eigenvalue weighted by molar-refractivity contribution is -0.142. The van der Waals surface area contributed by atoms with Gasteiger partial charge in [0.15, 0.2) is 0 Å². The van der Waals surface area contributed by atoms with Crippen LogP contribution in [0.2, 0.25) is 0 Å². The van der Waals surface area contributed by atoms with Crippen molar-refractivity contribution in [3.63, 3.8) is 0 Å². The predicted molar refractivity (Wildman–Crippen MR) is 98.9 cm³/mol. The van der Waals surface area contributed by atoms with Crippen LogP contribution in [0.5, 0.6) is 0 Å². The van der Waals surface area contributed by atoms with Crippen LogP contribution < -0.4 is 5.32 Å². The van der Waals surface area contributed by atoms with Crippen molar-refractivity contribution in [1.82, 2.24) is 15.3 Å². The van der Waals surface area contributed by atoms with Gasteiger partial charge in [0.25, 0.3) is 5.91 Å². The third kappa shape index (κ3) is 4.08. The Hall–Kier alpha value is -3.15. The monoisotopic (exact) mass is 351 g/mol. The average Bonchev–Trinajstić information content (AvgIpc) is 3.00. The van der Waals surface area contributed by atoms with Gasteiger partial charge >= 0.3 is 5.97 Å². The first kappa shape index (κ1) is 17.7. The Kier molecular flexibility index (Phi) is 5.63. The van der Waals surface area contributed by atoms with Crippen molar-refractivity contribution in [3.05, 3.63) is 65.6 Å². The van der Waals surface area contributed by atoms with Gasteiger partial charge in [0.2, 0.25) is 0 Å². The van der Waals surface area contributed by atoms with Gasteiger partial charge in [-0.25, -0.2) is 0 Å². The number of pyridine rings is 1. The Morgan fingerprint density at radius 1 is 1.15 bits per heavy atom. The molecule has 134 valence electrons. The minimum Gasteiger partial charge on any atom is -0.466 e. The molecule has 6 heteroatoms. The van der Waals surface area contributed by atoms with Gasteiger partial charge in [-0.15, -0.1) is 0 Å². The highest BCUT2D eigenvalue weighted by atomic mass is 16.5. The SMILES string of the molecule is CCOC(=O)Cc1c(CCNC(=O)c2ccccn2)[nH]c2ccccc12. The summed E-state index contributed by atoms with van der Waals surface area (Å²) >= 11 is 0. The summed E-state index contributed by atoms with van der Waals surface area (Å²) < 4.78 is 5.09. The highest BCUT2D eigenvalue weighted by Gasteiger charge is 2.15. The molecule has 0 radical (unpaired) electrons. The van der Waals surface area contributed by atoms with Crippen molar-refractivity contribution in [2.45, 2.75) is 19.8 Å². The van der Waals surface area contributed by atoms with Crippen LogP contribution >= 0.6 is 0 Å². The molecule has 0 atom stereocenters. The molecule has 0 saturated heterocycles. The first-order valence-corrected chi connectivity index (χ1v) is 8.62. The summed E-state index contributed by atoms with van der Waals surface area (Å²) in [4.78, 5) is 31.4. The number of nitrogens with zero attached hydrogens (tertiary/aromatic N) is 1. The fourth-order valence-electron chi connectivity index (χ4n) is 2.92. The number of H-pyrrole nitrogens is 1. The first-order valence-electron chi connectivity index (χ1n) is 8.62. The van der Waals surface area contributed by atoms with Gasteiger partial charge in [0.05, 0.1) is 13.0 Å². The standard InChI is InChI=1S/C20H21N3O3/c1-2-26-19(24)13-15-14-7-3-4-8-16(14)23-17(15)10-12-22-20(25)18-9-5-6-11-21-18/h3-9,11,23H,2,10,12-13H2,1H3,(H,22,25). The molecule has 6 nitrogen and oxygen atoms in total. The van der Waals surface area contributed by atoms with Crippen molar-refractivity contribution in [3.8, 4) is 0 Å². The van der Waals surface area contributed by atoms with E-state index in [1.807, 2.05) is 24.3 Å². The molecule has 3 rings (SSSR count). The van der Waals surface area contributed by atoms with Crippen molar-refractivity contribution >= 4 is 22.8 Å². The smallest absolute Gasteiger partial charge is 0.310 e. The van der Waals surface area contributed by atoms with Gasteiger partial charge < -0.3 is 15.0 Å². The molecular formula is C20H21N3O3. The number of ether oxygens (including phenoxy) is 1. The maximum Gasteiger partial charge on any atom is 0.310 e. The molecule has 2 heterocycles. The van der Waals surface area contributed by atoms with Crippen LogP contribution in [0.1, 0.15) is 28.7 Å². The zero-order valence-corrected chi connectivity index (χ0v) is 14.6. The van der Waals surface area contributed by atoms with Crippen LogP contribution in [0.25, 0.3) is 10.9 Å². The molecule has 26 heavy (non-hydrogen) atoms. The highest BCUT2D eigenvalue weighted by Crippen LogP contribution is 2.23. The van der Waals surface area contributed by atoms with Crippen LogP contribution in [0, 0.1) is 0 Å². The topological polar surface area (TPSA) is 84.1 Å². The number of amides is 1. The van der Waals surface area contributed by atoms with E-state index in [0.717, 1.165) is 22.2 Å². The van der Waals surface area contributed by atoms with E-state index in [1.165, 1.54) is 0 Å². The number of aromatic amines is 1. The minimum absolute atomic E-state index is 0.210. The molecule has 0 bridgehead atoms. The number of esters is 1. The van der Waals surface area contributed by atoms with E-state index in [9.17, 15) is 9.59 Å². The first-order chi connectivity index (χ1) is 12.7. The van der Waals surface area contributed by atoms with Crippen LogP contribution in [-0.4, -0.2) is 35.0 Å². The Bertz CT molecular complexity index is 903. The summed E-state index contributed by atoms with van der Waals surface area (Å²) in [6.45, 7) is 2.59. The lowest BCUT2D eigenvalue weighted by Gasteiger charge is -2.07. The number of rotatable bonds is 7. The van der Waals surface area contributed by atoms with E-state index in [1.54, 1.807) is 31.3 Å². The molecule has 0 aliphatic heterocycles. The number of hydrogen-bond donors (Lipinski definition) is 2. The molecule has 3 aromatic rings. The minimum atomic E-state index is -0.254. The number of fused-ring (bicyclic) bond motifs is 1. The van der Waals surface area contributed by atoms with Crippen LogP contribution in [-0.2, 0) is 22.4 Å². The lowest BCUT2D eigenvalue weighted by atomic mass is 10.1. The van der Waals surface area contributed by atoms with Gasteiger partial charge in [-0.05, 0) is 30.7 Å². The molecule has 0 aliphatic rings. The second-order valence-corrected chi connectivity index (χ2v) is 5.83. The van der Waals surface area contributed by atoms with Crippen LogP contribution in [0.15, 0.2) is 48.7 Å². The second kappa shape index (κ2) is 8.29. The van der Waals surface area contributed by atoms with E-state index in [0.29, 0.717) is 25.3 Å². The number of benzene rings is 1. The summed E-state index contributed by atoms with van der Waals surface area (Å²) in [6, 6.07) is 13.1.